The Bertz CT molecular complexity index is 615. The standard InChI is InChI=1S/C18H25N3/c1-2-13-8-9-17-15(10-13)12-16(18(20-17)21-19)11-14-6-4-3-5-7-14/h8-10,12,14H,2-7,11,19H2,1H3,(H,20,21). The van der Waals surface area contributed by atoms with Crippen LogP contribution in [-0.2, 0) is 12.8 Å². The van der Waals surface area contributed by atoms with E-state index >= 15 is 0 Å². The molecule has 1 aromatic heterocycles. The van der Waals surface area contributed by atoms with E-state index in [1.165, 1.54) is 48.6 Å². The van der Waals surface area contributed by atoms with Crippen molar-refractivity contribution in [2.75, 3.05) is 5.43 Å². The zero-order valence-electron chi connectivity index (χ0n) is 12.9. The summed E-state index contributed by atoms with van der Waals surface area (Å²) in [6, 6.07) is 8.79. The van der Waals surface area contributed by atoms with E-state index in [9.17, 15) is 0 Å². The summed E-state index contributed by atoms with van der Waals surface area (Å²) in [5.74, 6) is 7.33. The first-order valence-electron chi connectivity index (χ1n) is 8.19. The van der Waals surface area contributed by atoms with Gasteiger partial charge in [-0.3, -0.25) is 0 Å². The number of hydrogen-bond donors (Lipinski definition) is 2. The number of anilines is 1. The second-order valence-electron chi connectivity index (χ2n) is 6.23. The fourth-order valence-electron chi connectivity index (χ4n) is 3.47. The Morgan fingerprint density at radius 2 is 2.00 bits per heavy atom. The van der Waals surface area contributed by atoms with Gasteiger partial charge in [0.15, 0.2) is 0 Å². The highest BCUT2D eigenvalue weighted by atomic mass is 15.2. The fraction of sp³-hybridized carbons (Fsp3) is 0.500. The van der Waals surface area contributed by atoms with E-state index in [1.807, 2.05) is 0 Å². The number of aromatic nitrogens is 1. The van der Waals surface area contributed by atoms with Gasteiger partial charge in [-0.1, -0.05) is 45.1 Å². The second kappa shape index (κ2) is 6.44. The summed E-state index contributed by atoms with van der Waals surface area (Å²) < 4.78 is 0. The third-order valence-electron chi connectivity index (χ3n) is 4.74. The van der Waals surface area contributed by atoms with E-state index in [0.29, 0.717) is 0 Å². The molecule has 0 radical (unpaired) electrons. The normalized spacial score (nSPS) is 16.3. The van der Waals surface area contributed by atoms with Gasteiger partial charge in [-0.2, -0.15) is 0 Å². The van der Waals surface area contributed by atoms with Crippen LogP contribution in [0.15, 0.2) is 24.3 Å². The number of pyridine rings is 1. The van der Waals surface area contributed by atoms with Gasteiger partial charge in [0.1, 0.15) is 5.82 Å². The van der Waals surface area contributed by atoms with Gasteiger partial charge in [-0.05, 0) is 48.1 Å². The molecule has 1 aliphatic carbocycles. The molecule has 0 atom stereocenters. The van der Waals surface area contributed by atoms with Gasteiger partial charge < -0.3 is 5.43 Å². The SMILES string of the molecule is CCc1ccc2nc(NN)c(CC3CCCCC3)cc2c1. The van der Waals surface area contributed by atoms with Crippen LogP contribution in [0.5, 0.6) is 0 Å². The van der Waals surface area contributed by atoms with E-state index in [4.69, 9.17) is 10.8 Å². The van der Waals surface area contributed by atoms with Crippen LogP contribution < -0.4 is 11.3 Å². The van der Waals surface area contributed by atoms with Gasteiger partial charge >= 0.3 is 0 Å². The van der Waals surface area contributed by atoms with Crippen LogP contribution in [-0.4, -0.2) is 4.98 Å². The summed E-state index contributed by atoms with van der Waals surface area (Å²) in [4.78, 5) is 4.70. The Hall–Kier alpha value is -1.61. The zero-order valence-corrected chi connectivity index (χ0v) is 12.9. The average Bonchev–Trinajstić information content (AvgIpc) is 2.54. The van der Waals surface area contributed by atoms with Crippen LogP contribution in [0.25, 0.3) is 10.9 Å². The van der Waals surface area contributed by atoms with Crippen molar-refractivity contribution in [3.63, 3.8) is 0 Å². The minimum absolute atomic E-state index is 0.791. The number of fused-ring (bicyclic) bond motifs is 1. The third kappa shape index (κ3) is 3.18. The van der Waals surface area contributed by atoms with Crippen molar-refractivity contribution in [2.24, 2.45) is 11.8 Å². The molecular weight excluding hydrogens is 258 g/mol. The molecule has 112 valence electrons. The number of hydrogen-bond acceptors (Lipinski definition) is 3. The molecule has 0 unspecified atom stereocenters. The molecule has 0 amide bonds. The summed E-state index contributed by atoms with van der Waals surface area (Å²) in [6.07, 6.45) is 8.99. The predicted molar refractivity (Wildman–Crippen MR) is 89.2 cm³/mol. The summed E-state index contributed by atoms with van der Waals surface area (Å²) in [6.45, 7) is 2.19. The quantitative estimate of drug-likeness (QED) is 0.653. The maximum absolute atomic E-state index is 5.69. The summed E-state index contributed by atoms with van der Waals surface area (Å²) in [5, 5.41) is 1.24. The molecule has 1 aromatic carbocycles. The monoisotopic (exact) mass is 283 g/mol. The lowest BCUT2D eigenvalue weighted by atomic mass is 9.85. The molecule has 2 aromatic rings. The van der Waals surface area contributed by atoms with Crippen molar-refractivity contribution in [3.8, 4) is 0 Å². The van der Waals surface area contributed by atoms with Gasteiger partial charge in [-0.15, -0.1) is 0 Å². The first-order chi connectivity index (χ1) is 10.3. The van der Waals surface area contributed by atoms with Gasteiger partial charge in [-0.25, -0.2) is 10.8 Å². The first-order valence-corrected chi connectivity index (χ1v) is 8.19. The lowest BCUT2D eigenvalue weighted by Crippen LogP contribution is -2.15. The highest BCUT2D eigenvalue weighted by molar-refractivity contribution is 5.82. The highest BCUT2D eigenvalue weighted by Crippen LogP contribution is 2.30. The minimum atomic E-state index is 0.791. The van der Waals surface area contributed by atoms with Crippen LogP contribution in [0.3, 0.4) is 0 Å². The molecule has 1 fully saturated rings. The van der Waals surface area contributed by atoms with Crippen LogP contribution in [0, 0.1) is 5.92 Å². The Morgan fingerprint density at radius 3 is 2.71 bits per heavy atom. The predicted octanol–water partition coefficient (Wildman–Crippen LogP) is 4.21. The third-order valence-corrected chi connectivity index (χ3v) is 4.74. The fourth-order valence-corrected chi connectivity index (χ4v) is 3.47. The van der Waals surface area contributed by atoms with Crippen molar-refractivity contribution in [2.45, 2.75) is 51.9 Å². The maximum atomic E-state index is 5.69. The molecule has 21 heavy (non-hydrogen) atoms. The number of hydrazine groups is 1. The summed E-state index contributed by atoms with van der Waals surface area (Å²) in [7, 11) is 0. The van der Waals surface area contributed by atoms with E-state index in [2.05, 4.69) is 36.6 Å². The van der Waals surface area contributed by atoms with Crippen molar-refractivity contribution in [3.05, 3.63) is 35.4 Å². The van der Waals surface area contributed by atoms with Gasteiger partial charge in [0.25, 0.3) is 0 Å². The second-order valence-corrected chi connectivity index (χ2v) is 6.23. The Balaban J connectivity index is 1.94. The van der Waals surface area contributed by atoms with Crippen LogP contribution in [0.4, 0.5) is 5.82 Å². The van der Waals surface area contributed by atoms with Gasteiger partial charge in [0.05, 0.1) is 5.52 Å². The molecule has 0 aliphatic heterocycles. The molecule has 3 rings (SSSR count). The lowest BCUT2D eigenvalue weighted by Gasteiger charge is -2.22. The van der Waals surface area contributed by atoms with Crippen LogP contribution >= 0.6 is 0 Å². The smallest absolute Gasteiger partial charge is 0.143 e. The lowest BCUT2D eigenvalue weighted by molar-refractivity contribution is 0.357. The van der Waals surface area contributed by atoms with E-state index < -0.39 is 0 Å². The largest absolute Gasteiger partial charge is 0.308 e. The average molecular weight is 283 g/mol. The molecule has 1 heterocycles. The van der Waals surface area contributed by atoms with E-state index in [0.717, 1.165) is 30.1 Å². The van der Waals surface area contributed by atoms with Crippen molar-refractivity contribution < 1.29 is 0 Å². The van der Waals surface area contributed by atoms with E-state index in [-0.39, 0.29) is 0 Å². The molecule has 1 aliphatic rings. The number of nitrogens with zero attached hydrogens (tertiary/aromatic N) is 1. The number of nitrogens with one attached hydrogen (secondary N) is 1. The van der Waals surface area contributed by atoms with Crippen molar-refractivity contribution >= 4 is 16.7 Å². The topological polar surface area (TPSA) is 50.9 Å². The Labute approximate surface area is 126 Å². The van der Waals surface area contributed by atoms with E-state index in [1.54, 1.807) is 0 Å². The van der Waals surface area contributed by atoms with Gasteiger partial charge in [0.2, 0.25) is 0 Å². The highest BCUT2D eigenvalue weighted by Gasteiger charge is 2.16. The molecular formula is C18H25N3. The number of nitrogen functional groups attached to an aromatic ring is 1. The van der Waals surface area contributed by atoms with Crippen molar-refractivity contribution in [1.82, 2.24) is 4.98 Å². The van der Waals surface area contributed by atoms with Crippen LogP contribution in [0.1, 0.15) is 50.2 Å². The Morgan fingerprint density at radius 1 is 1.19 bits per heavy atom. The molecule has 3 nitrogen and oxygen atoms in total. The zero-order chi connectivity index (χ0) is 14.7. The number of aryl methyl sites for hydroxylation is 1. The summed E-state index contributed by atoms with van der Waals surface area (Å²) in [5.41, 5.74) is 6.45. The van der Waals surface area contributed by atoms with Gasteiger partial charge in [0, 0.05) is 5.39 Å². The molecule has 0 saturated heterocycles. The molecule has 0 bridgehead atoms. The number of benzene rings is 1. The van der Waals surface area contributed by atoms with Crippen molar-refractivity contribution in [1.29, 1.82) is 0 Å². The molecule has 3 heteroatoms. The van der Waals surface area contributed by atoms with Crippen LogP contribution in [0.2, 0.25) is 0 Å². The number of nitrogens with two attached hydrogens (primary N) is 1. The number of rotatable bonds is 4. The summed E-state index contributed by atoms with van der Waals surface area (Å²) >= 11 is 0. The molecule has 0 spiro atoms. The maximum Gasteiger partial charge on any atom is 0.143 e. The molecule has 3 N–H and O–H groups in total. The first kappa shape index (κ1) is 14.3. The molecule has 1 saturated carbocycles. The minimum Gasteiger partial charge on any atom is -0.308 e. The Kier molecular flexibility index (Phi) is 4.39.